The number of hydrogen-bond donors (Lipinski definition) is 0. The fourth-order valence-electron chi connectivity index (χ4n) is 3.23. The minimum absolute atomic E-state index is 0.0678. The monoisotopic (exact) mass is 242 g/mol. The summed E-state index contributed by atoms with van der Waals surface area (Å²) in [6.07, 6.45) is 2.43. The van der Waals surface area contributed by atoms with Gasteiger partial charge in [0.15, 0.2) is 5.78 Å². The number of rotatable bonds is 1. The van der Waals surface area contributed by atoms with Crippen LogP contribution in [0.15, 0.2) is 23.8 Å². The highest BCUT2D eigenvalue weighted by molar-refractivity contribution is 6.08. The second kappa shape index (κ2) is 3.71. The van der Waals surface area contributed by atoms with Crippen LogP contribution in [0.4, 0.5) is 0 Å². The first-order valence-electron chi connectivity index (χ1n) is 6.43. The van der Waals surface area contributed by atoms with Crippen molar-refractivity contribution in [1.82, 2.24) is 0 Å². The summed E-state index contributed by atoms with van der Waals surface area (Å²) in [6.45, 7) is 4.34. The molecule has 94 valence electrons. The van der Waals surface area contributed by atoms with Gasteiger partial charge in [-0.25, -0.2) is 0 Å². The van der Waals surface area contributed by atoms with Gasteiger partial charge in [-0.15, -0.1) is 0 Å². The maximum absolute atomic E-state index is 12.3. The Morgan fingerprint density at radius 1 is 1.17 bits per heavy atom. The van der Waals surface area contributed by atoms with Crippen LogP contribution in [-0.2, 0) is 11.2 Å². The molecule has 0 radical (unpaired) electrons. The van der Waals surface area contributed by atoms with Crippen LogP contribution in [0.5, 0.6) is 5.75 Å². The zero-order valence-corrected chi connectivity index (χ0v) is 11.2. The van der Waals surface area contributed by atoms with Gasteiger partial charge in [-0.05, 0) is 29.0 Å². The Hall–Kier alpha value is -1.57. The van der Waals surface area contributed by atoms with Gasteiger partial charge in [0.2, 0.25) is 0 Å². The quantitative estimate of drug-likeness (QED) is 0.754. The van der Waals surface area contributed by atoms with Gasteiger partial charge in [-0.3, -0.25) is 4.79 Å². The molecule has 1 aromatic carbocycles. The Balaban J connectivity index is 2.17. The first-order valence-corrected chi connectivity index (χ1v) is 6.43. The minimum atomic E-state index is 0.0678. The zero-order chi connectivity index (χ0) is 12.9. The number of methoxy groups -OCH3 is 1. The van der Waals surface area contributed by atoms with Crippen molar-refractivity contribution in [1.29, 1.82) is 0 Å². The summed E-state index contributed by atoms with van der Waals surface area (Å²) < 4.78 is 5.46. The SMILES string of the molecule is COc1cccc2c1C1=C(C2)C(=O)CC(C)(C)C1. The zero-order valence-electron chi connectivity index (χ0n) is 11.2. The molecule has 0 fully saturated rings. The summed E-state index contributed by atoms with van der Waals surface area (Å²) in [5.74, 6) is 1.22. The van der Waals surface area contributed by atoms with Crippen LogP contribution >= 0.6 is 0 Å². The van der Waals surface area contributed by atoms with E-state index in [1.165, 1.54) is 16.7 Å². The molecule has 0 bridgehead atoms. The third kappa shape index (κ3) is 1.59. The summed E-state index contributed by atoms with van der Waals surface area (Å²) in [7, 11) is 1.70. The highest BCUT2D eigenvalue weighted by Gasteiger charge is 2.38. The van der Waals surface area contributed by atoms with E-state index in [9.17, 15) is 4.79 Å². The number of carbonyl (C=O) groups excluding carboxylic acids is 1. The number of carbonyl (C=O) groups is 1. The molecular formula is C16H18O2. The van der Waals surface area contributed by atoms with E-state index in [4.69, 9.17) is 4.74 Å². The van der Waals surface area contributed by atoms with Crippen LogP contribution < -0.4 is 4.74 Å². The van der Waals surface area contributed by atoms with Gasteiger partial charge in [0.1, 0.15) is 5.75 Å². The fourth-order valence-corrected chi connectivity index (χ4v) is 3.23. The summed E-state index contributed by atoms with van der Waals surface area (Å²) >= 11 is 0. The number of hydrogen-bond acceptors (Lipinski definition) is 2. The lowest BCUT2D eigenvalue weighted by Gasteiger charge is -2.30. The Morgan fingerprint density at radius 2 is 1.94 bits per heavy atom. The van der Waals surface area contributed by atoms with E-state index in [1.807, 2.05) is 12.1 Å². The maximum Gasteiger partial charge on any atom is 0.160 e. The predicted molar refractivity (Wildman–Crippen MR) is 71.6 cm³/mol. The third-order valence-electron chi connectivity index (χ3n) is 4.00. The van der Waals surface area contributed by atoms with E-state index in [2.05, 4.69) is 19.9 Å². The van der Waals surface area contributed by atoms with Crippen molar-refractivity contribution < 1.29 is 9.53 Å². The van der Waals surface area contributed by atoms with Crippen LogP contribution in [0.1, 0.15) is 37.8 Å². The normalized spacial score (nSPS) is 20.7. The lowest BCUT2D eigenvalue weighted by Crippen LogP contribution is -2.24. The molecule has 2 aliphatic rings. The van der Waals surface area contributed by atoms with Crippen molar-refractivity contribution in [3.63, 3.8) is 0 Å². The van der Waals surface area contributed by atoms with Crippen LogP contribution in [0.25, 0.3) is 5.57 Å². The van der Waals surface area contributed by atoms with Crippen molar-refractivity contribution in [2.45, 2.75) is 33.1 Å². The summed E-state index contributed by atoms with van der Waals surface area (Å²) in [5, 5.41) is 0. The van der Waals surface area contributed by atoms with E-state index >= 15 is 0 Å². The topological polar surface area (TPSA) is 26.3 Å². The molecule has 1 aromatic rings. The first kappa shape index (κ1) is 11.5. The van der Waals surface area contributed by atoms with Gasteiger partial charge in [0, 0.05) is 24.0 Å². The van der Waals surface area contributed by atoms with Crippen molar-refractivity contribution in [2.24, 2.45) is 5.41 Å². The van der Waals surface area contributed by atoms with Crippen LogP contribution in [-0.4, -0.2) is 12.9 Å². The Bertz CT molecular complexity index is 564. The molecular weight excluding hydrogens is 224 g/mol. The van der Waals surface area contributed by atoms with E-state index < -0.39 is 0 Å². The standard InChI is InChI=1S/C16H18O2/c1-16(2)8-12-11(13(17)9-16)7-10-5-4-6-14(18-3)15(10)12/h4-6H,7-9H2,1-3H3. The lowest BCUT2D eigenvalue weighted by atomic mass is 9.73. The fraction of sp³-hybridized carbons (Fsp3) is 0.438. The average Bonchev–Trinajstić information content (AvgIpc) is 2.66. The summed E-state index contributed by atoms with van der Waals surface area (Å²) in [6, 6.07) is 6.10. The number of benzene rings is 1. The van der Waals surface area contributed by atoms with Gasteiger partial charge in [-0.1, -0.05) is 26.0 Å². The molecule has 0 amide bonds. The van der Waals surface area contributed by atoms with E-state index in [1.54, 1.807) is 7.11 Å². The molecule has 0 aromatic heterocycles. The molecule has 18 heavy (non-hydrogen) atoms. The average molecular weight is 242 g/mol. The molecule has 3 rings (SSSR count). The van der Waals surface area contributed by atoms with Crippen molar-refractivity contribution in [2.75, 3.05) is 7.11 Å². The third-order valence-corrected chi connectivity index (χ3v) is 4.00. The first-order chi connectivity index (χ1) is 8.52. The number of fused-ring (bicyclic) bond motifs is 2. The molecule has 2 nitrogen and oxygen atoms in total. The highest BCUT2D eigenvalue weighted by Crippen LogP contribution is 2.49. The van der Waals surface area contributed by atoms with E-state index in [-0.39, 0.29) is 5.41 Å². The second-order valence-corrected chi connectivity index (χ2v) is 6.07. The van der Waals surface area contributed by atoms with Gasteiger partial charge in [0.25, 0.3) is 0 Å². The van der Waals surface area contributed by atoms with Gasteiger partial charge < -0.3 is 4.74 Å². The Morgan fingerprint density at radius 3 is 2.67 bits per heavy atom. The summed E-state index contributed by atoms with van der Waals surface area (Å²) in [4.78, 5) is 12.3. The molecule has 0 N–H and O–H groups in total. The Kier molecular flexibility index (Phi) is 2.37. The van der Waals surface area contributed by atoms with E-state index in [0.29, 0.717) is 12.2 Å². The number of allylic oxidation sites excluding steroid dienone is 2. The minimum Gasteiger partial charge on any atom is -0.496 e. The van der Waals surface area contributed by atoms with Crippen LogP contribution in [0.3, 0.4) is 0 Å². The molecule has 2 aliphatic carbocycles. The van der Waals surface area contributed by atoms with Crippen molar-refractivity contribution in [3.8, 4) is 5.75 Å². The van der Waals surface area contributed by atoms with Gasteiger partial charge in [0.05, 0.1) is 7.11 Å². The van der Waals surface area contributed by atoms with Crippen molar-refractivity contribution in [3.05, 3.63) is 34.9 Å². The lowest BCUT2D eigenvalue weighted by molar-refractivity contribution is -0.117. The second-order valence-electron chi connectivity index (χ2n) is 6.07. The molecule has 0 saturated carbocycles. The molecule has 0 unspecified atom stereocenters. The van der Waals surface area contributed by atoms with Gasteiger partial charge >= 0.3 is 0 Å². The number of ketones is 1. The molecule has 0 saturated heterocycles. The molecule has 0 aliphatic heterocycles. The predicted octanol–water partition coefficient (Wildman–Crippen LogP) is 3.39. The van der Waals surface area contributed by atoms with Gasteiger partial charge in [-0.2, -0.15) is 0 Å². The summed E-state index contributed by atoms with van der Waals surface area (Å²) in [5.41, 5.74) is 4.73. The van der Waals surface area contributed by atoms with Crippen molar-refractivity contribution >= 4 is 11.4 Å². The highest BCUT2D eigenvalue weighted by atomic mass is 16.5. The number of Topliss-reactive ketones (excluding diaryl/α,β-unsaturated/α-hetero) is 1. The molecule has 0 spiro atoms. The molecule has 0 heterocycles. The molecule has 2 heteroatoms. The van der Waals surface area contributed by atoms with E-state index in [0.717, 1.165) is 24.2 Å². The largest absolute Gasteiger partial charge is 0.496 e. The van der Waals surface area contributed by atoms with Crippen LogP contribution in [0.2, 0.25) is 0 Å². The Labute approximate surface area is 108 Å². The number of ether oxygens (including phenoxy) is 1. The maximum atomic E-state index is 12.3. The smallest absolute Gasteiger partial charge is 0.160 e. The molecule has 0 atom stereocenters. The van der Waals surface area contributed by atoms with Crippen LogP contribution in [0, 0.1) is 5.41 Å².